The lowest BCUT2D eigenvalue weighted by Crippen LogP contribution is -2.24. The summed E-state index contributed by atoms with van der Waals surface area (Å²) in [7, 11) is 0. The van der Waals surface area contributed by atoms with E-state index in [1.807, 2.05) is 29.2 Å². The predicted octanol–water partition coefficient (Wildman–Crippen LogP) is 2.23. The fraction of sp³-hybridized carbons (Fsp3) is 0.250. The molecule has 1 aliphatic rings. The largest absolute Gasteiger partial charge is 0.351 e. The Hall–Kier alpha value is -3.35. The number of carbonyl (C=O) groups excluding carboxylic acids is 3. The van der Waals surface area contributed by atoms with E-state index in [0.717, 1.165) is 24.1 Å². The second kappa shape index (κ2) is 8.35. The quantitative estimate of drug-likeness (QED) is 0.730. The van der Waals surface area contributed by atoms with Gasteiger partial charge < -0.3 is 21.3 Å². The third-order valence-electron chi connectivity index (χ3n) is 4.44. The first-order valence-corrected chi connectivity index (χ1v) is 8.81. The number of hydrogen-bond acceptors (Lipinski definition) is 3. The molecule has 1 fully saturated rings. The minimum Gasteiger partial charge on any atom is -0.351 e. The van der Waals surface area contributed by atoms with Gasteiger partial charge in [0, 0.05) is 37.3 Å². The van der Waals surface area contributed by atoms with Gasteiger partial charge in [0.2, 0.25) is 5.91 Å². The van der Waals surface area contributed by atoms with Crippen molar-refractivity contribution in [2.75, 3.05) is 11.9 Å². The van der Waals surface area contributed by atoms with E-state index in [2.05, 4.69) is 10.6 Å². The fourth-order valence-corrected chi connectivity index (χ4v) is 2.99. The highest BCUT2D eigenvalue weighted by Gasteiger charge is 2.19. The number of likely N-dealkylation sites (tertiary alicyclic amines) is 1. The Morgan fingerprint density at radius 3 is 2.26 bits per heavy atom. The molecular formula is C20H22N4O3. The van der Waals surface area contributed by atoms with E-state index in [4.69, 9.17) is 5.73 Å². The second-order valence-corrected chi connectivity index (χ2v) is 6.48. The van der Waals surface area contributed by atoms with Gasteiger partial charge in [0.05, 0.1) is 0 Å². The standard InChI is InChI=1S/C20H22N4O3/c21-20(27)23-17-9-5-14(6-10-17)12-22-19(26)16-7-3-15(4-8-16)13-24-11-1-2-18(24)25/h3-10H,1-2,11-13H2,(H,22,26)(H3,21,23,27). The third kappa shape index (κ3) is 5.07. The first kappa shape index (κ1) is 18.4. The van der Waals surface area contributed by atoms with E-state index in [0.29, 0.717) is 30.8 Å². The number of hydrogen-bond donors (Lipinski definition) is 3. The number of primary amides is 1. The van der Waals surface area contributed by atoms with Crippen molar-refractivity contribution in [2.45, 2.75) is 25.9 Å². The molecule has 140 valence electrons. The molecule has 27 heavy (non-hydrogen) atoms. The first-order valence-electron chi connectivity index (χ1n) is 8.81. The molecular weight excluding hydrogens is 344 g/mol. The van der Waals surface area contributed by atoms with Crippen molar-refractivity contribution in [1.29, 1.82) is 0 Å². The van der Waals surface area contributed by atoms with Gasteiger partial charge in [0.15, 0.2) is 0 Å². The zero-order valence-corrected chi connectivity index (χ0v) is 14.9. The minimum atomic E-state index is -0.617. The van der Waals surface area contributed by atoms with Crippen molar-refractivity contribution in [3.8, 4) is 0 Å². The molecule has 2 aromatic rings. The van der Waals surface area contributed by atoms with E-state index < -0.39 is 6.03 Å². The number of nitrogens with two attached hydrogens (primary N) is 1. The van der Waals surface area contributed by atoms with Gasteiger partial charge in [-0.25, -0.2) is 4.79 Å². The normalized spacial score (nSPS) is 13.5. The van der Waals surface area contributed by atoms with Crippen LogP contribution in [0.4, 0.5) is 10.5 Å². The summed E-state index contributed by atoms with van der Waals surface area (Å²) in [6.07, 6.45) is 1.54. The van der Waals surface area contributed by atoms with Crippen molar-refractivity contribution in [2.24, 2.45) is 5.73 Å². The molecule has 7 nitrogen and oxygen atoms in total. The van der Waals surface area contributed by atoms with Gasteiger partial charge >= 0.3 is 6.03 Å². The Kier molecular flexibility index (Phi) is 5.71. The second-order valence-electron chi connectivity index (χ2n) is 6.48. The van der Waals surface area contributed by atoms with Gasteiger partial charge in [0.25, 0.3) is 5.91 Å². The van der Waals surface area contributed by atoms with E-state index >= 15 is 0 Å². The topological polar surface area (TPSA) is 105 Å². The summed E-state index contributed by atoms with van der Waals surface area (Å²) in [5.41, 5.74) is 8.15. The molecule has 2 aromatic carbocycles. The van der Waals surface area contributed by atoms with Crippen molar-refractivity contribution in [1.82, 2.24) is 10.2 Å². The SMILES string of the molecule is NC(=O)Nc1ccc(CNC(=O)c2ccc(CN3CCCC3=O)cc2)cc1. The molecule has 0 radical (unpaired) electrons. The predicted molar refractivity (Wildman–Crippen MR) is 102 cm³/mol. The highest BCUT2D eigenvalue weighted by Crippen LogP contribution is 2.15. The number of urea groups is 1. The summed E-state index contributed by atoms with van der Waals surface area (Å²) in [5.74, 6) is 0.0204. The lowest BCUT2D eigenvalue weighted by atomic mass is 10.1. The maximum Gasteiger partial charge on any atom is 0.316 e. The van der Waals surface area contributed by atoms with Crippen LogP contribution in [0.25, 0.3) is 0 Å². The van der Waals surface area contributed by atoms with Gasteiger partial charge in [-0.15, -0.1) is 0 Å². The average Bonchev–Trinajstić information content (AvgIpc) is 3.06. The van der Waals surface area contributed by atoms with Gasteiger partial charge in [-0.3, -0.25) is 9.59 Å². The van der Waals surface area contributed by atoms with Gasteiger partial charge in [0.1, 0.15) is 0 Å². The zero-order valence-electron chi connectivity index (χ0n) is 14.9. The van der Waals surface area contributed by atoms with Crippen LogP contribution in [-0.2, 0) is 17.9 Å². The third-order valence-corrected chi connectivity index (χ3v) is 4.44. The van der Waals surface area contributed by atoms with E-state index in [1.54, 1.807) is 24.3 Å². The highest BCUT2D eigenvalue weighted by atomic mass is 16.2. The maximum atomic E-state index is 12.3. The number of amides is 4. The summed E-state index contributed by atoms with van der Waals surface area (Å²) in [6.45, 7) is 1.76. The summed E-state index contributed by atoms with van der Waals surface area (Å²) in [4.78, 5) is 36.6. The first-order chi connectivity index (χ1) is 13.0. The molecule has 1 saturated heterocycles. The summed E-state index contributed by atoms with van der Waals surface area (Å²) < 4.78 is 0. The Morgan fingerprint density at radius 1 is 1.00 bits per heavy atom. The summed E-state index contributed by atoms with van der Waals surface area (Å²) >= 11 is 0. The number of rotatable bonds is 6. The molecule has 7 heteroatoms. The summed E-state index contributed by atoms with van der Waals surface area (Å²) in [5, 5.41) is 5.34. The maximum absolute atomic E-state index is 12.3. The van der Waals surface area contributed by atoms with Crippen LogP contribution in [0.5, 0.6) is 0 Å². The van der Waals surface area contributed by atoms with Gasteiger partial charge in [-0.05, 0) is 41.8 Å². The summed E-state index contributed by atoms with van der Waals surface area (Å²) in [6, 6.07) is 13.7. The number of nitrogens with one attached hydrogen (secondary N) is 2. The minimum absolute atomic E-state index is 0.168. The number of benzene rings is 2. The van der Waals surface area contributed by atoms with Crippen LogP contribution in [0, 0.1) is 0 Å². The van der Waals surface area contributed by atoms with Crippen LogP contribution in [0.15, 0.2) is 48.5 Å². The van der Waals surface area contributed by atoms with Crippen LogP contribution in [-0.4, -0.2) is 29.3 Å². The molecule has 0 unspecified atom stereocenters. The van der Waals surface area contributed by atoms with Crippen LogP contribution >= 0.6 is 0 Å². The number of carbonyl (C=O) groups is 3. The Bertz CT molecular complexity index is 831. The Morgan fingerprint density at radius 2 is 1.67 bits per heavy atom. The van der Waals surface area contributed by atoms with Crippen LogP contribution in [0.2, 0.25) is 0 Å². The van der Waals surface area contributed by atoms with E-state index in [1.165, 1.54) is 0 Å². The fourth-order valence-electron chi connectivity index (χ4n) is 2.99. The lowest BCUT2D eigenvalue weighted by molar-refractivity contribution is -0.128. The van der Waals surface area contributed by atoms with Crippen molar-refractivity contribution >= 4 is 23.5 Å². The van der Waals surface area contributed by atoms with Gasteiger partial charge in [-0.1, -0.05) is 24.3 Å². The molecule has 3 rings (SSSR count). The van der Waals surface area contributed by atoms with E-state index in [-0.39, 0.29) is 11.8 Å². The van der Waals surface area contributed by atoms with Crippen LogP contribution < -0.4 is 16.4 Å². The van der Waals surface area contributed by atoms with Crippen LogP contribution in [0.3, 0.4) is 0 Å². The Labute approximate surface area is 157 Å². The monoisotopic (exact) mass is 366 g/mol. The number of anilines is 1. The van der Waals surface area contributed by atoms with Crippen molar-refractivity contribution < 1.29 is 14.4 Å². The molecule has 1 aliphatic heterocycles. The van der Waals surface area contributed by atoms with E-state index in [9.17, 15) is 14.4 Å². The average molecular weight is 366 g/mol. The van der Waals surface area contributed by atoms with Crippen molar-refractivity contribution in [3.63, 3.8) is 0 Å². The molecule has 0 aromatic heterocycles. The van der Waals surface area contributed by atoms with Gasteiger partial charge in [-0.2, -0.15) is 0 Å². The zero-order chi connectivity index (χ0) is 19.2. The molecule has 4 amide bonds. The molecule has 0 spiro atoms. The Balaban J connectivity index is 1.51. The molecule has 1 heterocycles. The van der Waals surface area contributed by atoms with Crippen molar-refractivity contribution in [3.05, 3.63) is 65.2 Å². The number of nitrogens with zero attached hydrogens (tertiary/aromatic N) is 1. The molecule has 0 atom stereocenters. The molecule has 4 N–H and O–H groups in total. The molecule has 0 bridgehead atoms. The molecule has 0 saturated carbocycles. The highest BCUT2D eigenvalue weighted by molar-refractivity contribution is 5.94. The lowest BCUT2D eigenvalue weighted by Gasteiger charge is -2.15. The smallest absolute Gasteiger partial charge is 0.316 e. The molecule has 0 aliphatic carbocycles. The van der Waals surface area contributed by atoms with Crippen LogP contribution in [0.1, 0.15) is 34.3 Å².